The molecule has 2 rings (SSSR count). The van der Waals surface area contributed by atoms with Gasteiger partial charge in [0.1, 0.15) is 10.7 Å². The van der Waals surface area contributed by atoms with E-state index in [0.717, 1.165) is 21.7 Å². The summed E-state index contributed by atoms with van der Waals surface area (Å²) in [4.78, 5) is 9.87. The number of aromatic nitrogens is 2. The smallest absolute Gasteiger partial charge is 0.143 e. The summed E-state index contributed by atoms with van der Waals surface area (Å²) < 4.78 is 0.982. The van der Waals surface area contributed by atoms with Crippen molar-refractivity contribution in [1.29, 1.82) is 0 Å². The van der Waals surface area contributed by atoms with Crippen LogP contribution in [0.4, 0.5) is 0 Å². The molecule has 1 N–H and O–H groups in total. The van der Waals surface area contributed by atoms with E-state index in [4.69, 9.17) is 0 Å². The highest BCUT2D eigenvalue weighted by Gasteiger charge is 2.08. The molecule has 0 aromatic carbocycles. The Balaban J connectivity index is 2.33. The normalized spacial score (nSPS) is 10.5. The van der Waals surface area contributed by atoms with Gasteiger partial charge in [0.2, 0.25) is 0 Å². The second-order valence-electron chi connectivity index (χ2n) is 3.00. The standard InChI is InChI=1S/C10H10BrN3S/c1-12-5-7-6-14-10(15-7)9-8(11)3-2-4-13-9/h2-4,6,12H,5H2,1H3. The van der Waals surface area contributed by atoms with Crippen LogP contribution < -0.4 is 5.32 Å². The number of pyridine rings is 1. The number of hydrogen-bond acceptors (Lipinski definition) is 4. The number of halogens is 1. The van der Waals surface area contributed by atoms with Crippen molar-refractivity contribution in [1.82, 2.24) is 15.3 Å². The number of nitrogens with one attached hydrogen (secondary N) is 1. The molecule has 0 aliphatic carbocycles. The van der Waals surface area contributed by atoms with Gasteiger partial charge in [-0.2, -0.15) is 0 Å². The fourth-order valence-electron chi connectivity index (χ4n) is 1.22. The van der Waals surface area contributed by atoms with Gasteiger partial charge in [-0.05, 0) is 35.1 Å². The maximum Gasteiger partial charge on any atom is 0.143 e. The van der Waals surface area contributed by atoms with Crippen molar-refractivity contribution in [3.63, 3.8) is 0 Å². The van der Waals surface area contributed by atoms with Gasteiger partial charge < -0.3 is 5.32 Å². The summed E-state index contributed by atoms with van der Waals surface area (Å²) in [5, 5.41) is 4.05. The Bertz CT molecular complexity index is 455. The summed E-state index contributed by atoms with van der Waals surface area (Å²) >= 11 is 5.13. The molecule has 0 radical (unpaired) electrons. The quantitative estimate of drug-likeness (QED) is 0.941. The SMILES string of the molecule is CNCc1cnc(-c2ncccc2Br)s1. The van der Waals surface area contributed by atoms with E-state index in [0.29, 0.717) is 0 Å². The van der Waals surface area contributed by atoms with Crippen LogP contribution in [0, 0.1) is 0 Å². The summed E-state index contributed by atoms with van der Waals surface area (Å²) in [6, 6.07) is 3.87. The molecule has 0 unspecified atom stereocenters. The van der Waals surface area contributed by atoms with Crippen LogP contribution in [0.2, 0.25) is 0 Å². The second kappa shape index (κ2) is 4.83. The molecule has 0 amide bonds. The average Bonchev–Trinajstić information content (AvgIpc) is 2.68. The Labute approximate surface area is 101 Å². The van der Waals surface area contributed by atoms with Gasteiger partial charge >= 0.3 is 0 Å². The predicted molar refractivity (Wildman–Crippen MR) is 65.8 cm³/mol. The highest BCUT2D eigenvalue weighted by Crippen LogP contribution is 2.29. The molecule has 2 heterocycles. The predicted octanol–water partition coefficient (Wildman–Crippen LogP) is 2.69. The van der Waals surface area contributed by atoms with E-state index in [1.54, 1.807) is 17.5 Å². The van der Waals surface area contributed by atoms with Gasteiger partial charge in [-0.25, -0.2) is 4.98 Å². The van der Waals surface area contributed by atoms with Crippen molar-refractivity contribution in [3.8, 4) is 10.7 Å². The third-order valence-corrected chi connectivity index (χ3v) is 3.51. The Hall–Kier alpha value is -0.780. The number of nitrogens with zero attached hydrogens (tertiary/aromatic N) is 2. The van der Waals surface area contributed by atoms with E-state index in [9.17, 15) is 0 Å². The van der Waals surface area contributed by atoms with Crippen molar-refractivity contribution in [3.05, 3.63) is 33.9 Å². The van der Waals surface area contributed by atoms with Crippen molar-refractivity contribution in [2.45, 2.75) is 6.54 Å². The third kappa shape index (κ3) is 2.42. The molecule has 2 aromatic heterocycles. The molecule has 0 aliphatic rings. The lowest BCUT2D eigenvalue weighted by Gasteiger charge is -1.97. The van der Waals surface area contributed by atoms with Gasteiger partial charge in [-0.1, -0.05) is 0 Å². The van der Waals surface area contributed by atoms with Crippen LogP contribution in [0.15, 0.2) is 29.0 Å². The van der Waals surface area contributed by atoms with Gasteiger partial charge in [0.05, 0.1) is 0 Å². The average molecular weight is 284 g/mol. The molecule has 2 aromatic rings. The first-order valence-corrected chi connectivity index (χ1v) is 6.12. The van der Waals surface area contributed by atoms with E-state index in [2.05, 4.69) is 31.2 Å². The molecular weight excluding hydrogens is 274 g/mol. The van der Waals surface area contributed by atoms with Crippen LogP contribution in [0.25, 0.3) is 10.7 Å². The van der Waals surface area contributed by atoms with Crippen molar-refractivity contribution in [2.24, 2.45) is 0 Å². The number of thiazole rings is 1. The zero-order valence-corrected chi connectivity index (χ0v) is 10.6. The Kier molecular flexibility index (Phi) is 3.45. The number of rotatable bonds is 3. The summed E-state index contributed by atoms with van der Waals surface area (Å²) in [6.45, 7) is 0.849. The van der Waals surface area contributed by atoms with Crippen molar-refractivity contribution < 1.29 is 0 Å². The Morgan fingerprint density at radius 1 is 1.47 bits per heavy atom. The van der Waals surface area contributed by atoms with Gasteiger partial charge in [-0.15, -0.1) is 11.3 Å². The molecule has 15 heavy (non-hydrogen) atoms. The lowest BCUT2D eigenvalue weighted by molar-refractivity contribution is 0.829. The molecule has 0 fully saturated rings. The summed E-state index contributed by atoms with van der Waals surface area (Å²) in [7, 11) is 1.93. The van der Waals surface area contributed by atoms with Crippen LogP contribution in [-0.2, 0) is 6.54 Å². The molecule has 78 valence electrons. The van der Waals surface area contributed by atoms with Crippen LogP contribution in [0.1, 0.15) is 4.88 Å². The first-order valence-electron chi connectivity index (χ1n) is 4.51. The minimum absolute atomic E-state index is 0.849. The molecule has 0 atom stereocenters. The lowest BCUT2D eigenvalue weighted by Crippen LogP contribution is -2.02. The van der Waals surface area contributed by atoms with Crippen LogP contribution in [0.3, 0.4) is 0 Å². The molecule has 0 aliphatic heterocycles. The van der Waals surface area contributed by atoms with Crippen LogP contribution in [-0.4, -0.2) is 17.0 Å². The van der Waals surface area contributed by atoms with Crippen LogP contribution >= 0.6 is 27.3 Å². The summed E-state index contributed by atoms with van der Waals surface area (Å²) in [5.74, 6) is 0. The molecule has 0 saturated heterocycles. The summed E-state index contributed by atoms with van der Waals surface area (Å²) in [6.07, 6.45) is 3.66. The molecule has 0 bridgehead atoms. The fraction of sp³-hybridized carbons (Fsp3) is 0.200. The van der Waals surface area contributed by atoms with E-state index in [1.165, 1.54) is 4.88 Å². The van der Waals surface area contributed by atoms with Gasteiger partial charge in [0.25, 0.3) is 0 Å². The number of hydrogen-bond donors (Lipinski definition) is 1. The summed E-state index contributed by atoms with van der Waals surface area (Å²) in [5.41, 5.74) is 0.907. The molecule has 0 saturated carbocycles. The molecule has 3 nitrogen and oxygen atoms in total. The van der Waals surface area contributed by atoms with E-state index in [1.807, 2.05) is 25.4 Å². The highest BCUT2D eigenvalue weighted by molar-refractivity contribution is 9.10. The third-order valence-electron chi connectivity index (χ3n) is 1.87. The monoisotopic (exact) mass is 283 g/mol. The minimum atomic E-state index is 0.849. The van der Waals surface area contributed by atoms with E-state index in [-0.39, 0.29) is 0 Å². The topological polar surface area (TPSA) is 37.8 Å². The largest absolute Gasteiger partial charge is 0.315 e. The van der Waals surface area contributed by atoms with E-state index < -0.39 is 0 Å². The van der Waals surface area contributed by atoms with Crippen LogP contribution in [0.5, 0.6) is 0 Å². The first kappa shape index (κ1) is 10.7. The molecular formula is C10H10BrN3S. The van der Waals surface area contributed by atoms with E-state index >= 15 is 0 Å². The zero-order chi connectivity index (χ0) is 10.7. The maximum absolute atomic E-state index is 4.35. The fourth-order valence-corrected chi connectivity index (χ4v) is 2.73. The molecule has 0 spiro atoms. The van der Waals surface area contributed by atoms with Crippen molar-refractivity contribution >= 4 is 27.3 Å². The molecule has 5 heteroatoms. The lowest BCUT2D eigenvalue weighted by atomic mass is 10.4. The minimum Gasteiger partial charge on any atom is -0.315 e. The van der Waals surface area contributed by atoms with Gasteiger partial charge in [0.15, 0.2) is 0 Å². The second-order valence-corrected chi connectivity index (χ2v) is 4.97. The maximum atomic E-state index is 4.35. The van der Waals surface area contributed by atoms with Gasteiger partial charge in [-0.3, -0.25) is 4.98 Å². The zero-order valence-electron chi connectivity index (χ0n) is 8.20. The highest BCUT2D eigenvalue weighted by atomic mass is 79.9. The van der Waals surface area contributed by atoms with Crippen molar-refractivity contribution in [2.75, 3.05) is 7.05 Å². The Morgan fingerprint density at radius 2 is 2.33 bits per heavy atom. The first-order chi connectivity index (χ1) is 7.31. The van der Waals surface area contributed by atoms with Gasteiger partial charge in [0, 0.05) is 28.3 Å². The Morgan fingerprint density at radius 3 is 3.07 bits per heavy atom.